The summed E-state index contributed by atoms with van der Waals surface area (Å²) < 4.78 is 5.33. The van der Waals surface area contributed by atoms with Gasteiger partial charge in [0.15, 0.2) is 6.61 Å². The summed E-state index contributed by atoms with van der Waals surface area (Å²) in [6, 6.07) is 26.7. The van der Waals surface area contributed by atoms with E-state index in [0.717, 1.165) is 23.1 Å². The van der Waals surface area contributed by atoms with Crippen LogP contribution >= 0.6 is 12.4 Å². The molecule has 0 aliphatic carbocycles. The summed E-state index contributed by atoms with van der Waals surface area (Å²) in [6.07, 6.45) is -0.610. The van der Waals surface area contributed by atoms with E-state index in [-0.39, 0.29) is 25.1 Å². The van der Waals surface area contributed by atoms with Gasteiger partial charge >= 0.3 is 0 Å². The number of rotatable bonds is 12. The van der Waals surface area contributed by atoms with E-state index in [0.29, 0.717) is 18.8 Å². The topological polar surface area (TPSA) is 96.0 Å². The van der Waals surface area contributed by atoms with Gasteiger partial charge in [0.25, 0.3) is 5.91 Å². The third-order valence-corrected chi connectivity index (χ3v) is 5.64. The second-order valence-electron chi connectivity index (χ2n) is 8.26. The van der Waals surface area contributed by atoms with Gasteiger partial charge in [-0.05, 0) is 42.2 Å². The molecule has 0 heterocycles. The molecule has 0 unspecified atom stereocenters. The molecule has 7 heteroatoms. The molecule has 0 fully saturated rings. The molecule has 0 bridgehead atoms. The molecule has 0 aliphatic heterocycles. The van der Waals surface area contributed by atoms with Crippen LogP contribution in [0.3, 0.4) is 0 Å². The summed E-state index contributed by atoms with van der Waals surface area (Å²) in [5.41, 5.74) is 7.90. The minimum atomic E-state index is -0.666. The third-order valence-electron chi connectivity index (χ3n) is 5.64. The highest BCUT2D eigenvalue weighted by atomic mass is 35.5. The Kier molecular flexibility index (Phi) is 11.0. The maximum Gasteiger partial charge on any atom is 0.255 e. The van der Waals surface area contributed by atoms with Crippen molar-refractivity contribution in [2.45, 2.75) is 31.6 Å². The van der Waals surface area contributed by atoms with Gasteiger partial charge in [0.1, 0.15) is 5.75 Å². The average molecular weight is 485 g/mol. The van der Waals surface area contributed by atoms with Crippen molar-refractivity contribution in [1.29, 1.82) is 0 Å². The highest BCUT2D eigenvalue weighted by molar-refractivity contribution is 5.85. The predicted molar refractivity (Wildman–Crippen MR) is 136 cm³/mol. The summed E-state index contributed by atoms with van der Waals surface area (Å²) in [4.78, 5) is 13.0. The standard InChI is InChI=1S/C27H32N2O4.ClH/c1-20(16-21-12-14-24(15-13-21)33-19-27(28)32)29(17-25(30)22-8-4-2-5-9-22)18-26(31)23-10-6-3-7-11-23;/h2-15,20,25-26,30-31H,16-19H2,1H3,(H2,28,32);1H/t20-,25+,26+;/m1./s1. The van der Waals surface area contributed by atoms with E-state index >= 15 is 0 Å². The number of benzene rings is 3. The van der Waals surface area contributed by atoms with E-state index in [2.05, 4.69) is 11.8 Å². The Morgan fingerprint density at radius 2 is 1.32 bits per heavy atom. The quantitative estimate of drug-likeness (QED) is 0.364. The normalized spacial score (nSPS) is 13.5. The maximum absolute atomic E-state index is 10.9. The summed E-state index contributed by atoms with van der Waals surface area (Å²) in [5, 5.41) is 21.7. The monoisotopic (exact) mass is 484 g/mol. The number of aliphatic hydroxyl groups excluding tert-OH is 2. The molecule has 0 radical (unpaired) electrons. The van der Waals surface area contributed by atoms with E-state index in [9.17, 15) is 15.0 Å². The minimum absolute atomic E-state index is 0. The number of halogens is 1. The number of primary amides is 1. The zero-order valence-electron chi connectivity index (χ0n) is 19.3. The van der Waals surface area contributed by atoms with Crippen molar-refractivity contribution >= 4 is 18.3 Å². The Balaban J connectivity index is 0.00000408. The molecule has 0 spiro atoms. The van der Waals surface area contributed by atoms with Gasteiger partial charge in [-0.15, -0.1) is 12.4 Å². The van der Waals surface area contributed by atoms with Crippen molar-refractivity contribution in [1.82, 2.24) is 4.90 Å². The first kappa shape index (κ1) is 27.3. The van der Waals surface area contributed by atoms with Gasteiger partial charge in [-0.25, -0.2) is 0 Å². The van der Waals surface area contributed by atoms with Gasteiger partial charge in [-0.2, -0.15) is 0 Å². The van der Waals surface area contributed by atoms with E-state index in [1.165, 1.54) is 0 Å². The third kappa shape index (κ3) is 8.47. The lowest BCUT2D eigenvalue weighted by Crippen LogP contribution is -2.40. The summed E-state index contributed by atoms with van der Waals surface area (Å²) in [5.74, 6) is 0.0679. The molecule has 0 saturated heterocycles. The van der Waals surface area contributed by atoms with Gasteiger partial charge < -0.3 is 20.7 Å². The van der Waals surface area contributed by atoms with Crippen LogP contribution in [-0.4, -0.2) is 46.8 Å². The number of aliphatic hydroxyl groups is 2. The Bertz CT molecular complexity index is 939. The van der Waals surface area contributed by atoms with Crippen LogP contribution in [0.2, 0.25) is 0 Å². The largest absolute Gasteiger partial charge is 0.484 e. The first-order valence-electron chi connectivity index (χ1n) is 11.1. The van der Waals surface area contributed by atoms with Gasteiger partial charge in [0.05, 0.1) is 12.2 Å². The fourth-order valence-electron chi connectivity index (χ4n) is 3.79. The molecule has 6 nitrogen and oxygen atoms in total. The SMILES string of the molecule is C[C@H](Cc1ccc(OCC(N)=O)cc1)N(C[C@H](O)c1ccccc1)C[C@H](O)c1ccccc1.Cl. The van der Waals surface area contributed by atoms with E-state index in [4.69, 9.17) is 10.5 Å². The van der Waals surface area contributed by atoms with Crippen LogP contribution < -0.4 is 10.5 Å². The Morgan fingerprint density at radius 1 is 0.853 bits per heavy atom. The molecule has 0 saturated carbocycles. The van der Waals surface area contributed by atoms with Crippen molar-refractivity contribution in [3.63, 3.8) is 0 Å². The van der Waals surface area contributed by atoms with Crippen molar-refractivity contribution in [3.8, 4) is 5.75 Å². The van der Waals surface area contributed by atoms with Crippen LogP contribution in [0, 0.1) is 0 Å². The molecule has 4 N–H and O–H groups in total. The summed E-state index contributed by atoms with van der Waals surface area (Å²) >= 11 is 0. The van der Waals surface area contributed by atoms with E-state index < -0.39 is 18.1 Å². The van der Waals surface area contributed by atoms with Crippen LogP contribution in [0.5, 0.6) is 5.75 Å². The fraction of sp³-hybridized carbons (Fsp3) is 0.296. The highest BCUT2D eigenvalue weighted by Gasteiger charge is 2.22. The van der Waals surface area contributed by atoms with E-state index in [1.54, 1.807) is 0 Å². The number of nitrogens with zero attached hydrogens (tertiary/aromatic N) is 1. The van der Waals surface area contributed by atoms with Crippen molar-refractivity contribution < 1.29 is 19.7 Å². The Hall–Kier alpha value is -2.90. The number of hydrogen-bond donors (Lipinski definition) is 3. The number of hydrogen-bond acceptors (Lipinski definition) is 5. The molecule has 3 aromatic carbocycles. The van der Waals surface area contributed by atoms with Crippen molar-refractivity contribution in [2.75, 3.05) is 19.7 Å². The van der Waals surface area contributed by atoms with Crippen LogP contribution in [0.25, 0.3) is 0 Å². The number of carbonyl (C=O) groups is 1. The maximum atomic E-state index is 10.9. The molecule has 34 heavy (non-hydrogen) atoms. The smallest absolute Gasteiger partial charge is 0.255 e. The Labute approximate surface area is 207 Å². The average Bonchev–Trinajstić information content (AvgIpc) is 2.84. The molecule has 3 atom stereocenters. The molecule has 0 aliphatic rings. The zero-order chi connectivity index (χ0) is 23.6. The molecule has 3 aromatic rings. The minimum Gasteiger partial charge on any atom is -0.484 e. The second-order valence-corrected chi connectivity index (χ2v) is 8.26. The van der Waals surface area contributed by atoms with E-state index in [1.807, 2.05) is 84.9 Å². The first-order chi connectivity index (χ1) is 15.9. The van der Waals surface area contributed by atoms with Crippen LogP contribution in [-0.2, 0) is 11.2 Å². The lowest BCUT2D eigenvalue weighted by Gasteiger charge is -2.33. The van der Waals surface area contributed by atoms with Gasteiger partial charge in [-0.3, -0.25) is 9.69 Å². The number of amides is 1. The number of carbonyl (C=O) groups excluding carboxylic acids is 1. The zero-order valence-corrected chi connectivity index (χ0v) is 20.1. The van der Waals surface area contributed by atoms with Gasteiger partial charge in [0.2, 0.25) is 0 Å². The van der Waals surface area contributed by atoms with Crippen LogP contribution in [0.15, 0.2) is 84.9 Å². The lowest BCUT2D eigenvalue weighted by atomic mass is 10.0. The van der Waals surface area contributed by atoms with Crippen molar-refractivity contribution in [2.24, 2.45) is 5.73 Å². The number of ether oxygens (including phenoxy) is 1. The molecule has 1 amide bonds. The molecule has 0 aromatic heterocycles. The molecular formula is C27H33ClN2O4. The molecule has 3 rings (SSSR count). The fourth-order valence-corrected chi connectivity index (χ4v) is 3.79. The lowest BCUT2D eigenvalue weighted by molar-refractivity contribution is -0.119. The number of nitrogens with two attached hydrogens (primary N) is 1. The van der Waals surface area contributed by atoms with Crippen LogP contribution in [0.1, 0.15) is 35.8 Å². The molecule has 182 valence electrons. The van der Waals surface area contributed by atoms with Crippen LogP contribution in [0.4, 0.5) is 0 Å². The second kappa shape index (κ2) is 13.7. The molecular weight excluding hydrogens is 452 g/mol. The summed E-state index contributed by atoms with van der Waals surface area (Å²) in [6.45, 7) is 2.73. The van der Waals surface area contributed by atoms with Gasteiger partial charge in [-0.1, -0.05) is 72.8 Å². The first-order valence-corrected chi connectivity index (χ1v) is 11.1. The summed E-state index contributed by atoms with van der Waals surface area (Å²) in [7, 11) is 0. The Morgan fingerprint density at radius 3 is 1.76 bits per heavy atom. The van der Waals surface area contributed by atoms with Crippen molar-refractivity contribution in [3.05, 3.63) is 102 Å². The highest BCUT2D eigenvalue weighted by Crippen LogP contribution is 2.22. The van der Waals surface area contributed by atoms with Gasteiger partial charge in [0, 0.05) is 19.1 Å². The predicted octanol–water partition coefficient (Wildman–Crippen LogP) is 3.67.